The van der Waals surface area contributed by atoms with Gasteiger partial charge in [-0.3, -0.25) is 4.79 Å². The Labute approximate surface area is 118 Å². The topological polar surface area (TPSA) is 41.1 Å². The van der Waals surface area contributed by atoms with Gasteiger partial charge in [0.2, 0.25) is 5.91 Å². The molecular weight excluding hydrogens is 262 g/mol. The van der Waals surface area contributed by atoms with Crippen LogP contribution >= 0.6 is 0 Å². The summed E-state index contributed by atoms with van der Waals surface area (Å²) in [5.41, 5.74) is 0.603. The average Bonchev–Trinajstić information content (AvgIpc) is 2.39. The van der Waals surface area contributed by atoms with Crippen molar-refractivity contribution < 1.29 is 13.6 Å². The number of carbonyl (C=O) groups is 1. The Balaban J connectivity index is 2.36. The number of nitrogens with one attached hydrogen (secondary N) is 2. The van der Waals surface area contributed by atoms with E-state index in [9.17, 15) is 13.6 Å². The Morgan fingerprint density at radius 2 is 1.90 bits per heavy atom. The lowest BCUT2D eigenvalue weighted by molar-refractivity contribution is -0.122. The maximum absolute atomic E-state index is 13.0. The van der Waals surface area contributed by atoms with E-state index in [0.717, 1.165) is 18.6 Å². The van der Waals surface area contributed by atoms with Gasteiger partial charge in [-0.1, -0.05) is 19.9 Å². The molecule has 0 fully saturated rings. The van der Waals surface area contributed by atoms with Crippen LogP contribution in [-0.4, -0.2) is 18.5 Å². The van der Waals surface area contributed by atoms with Crippen molar-refractivity contribution in [3.63, 3.8) is 0 Å². The van der Waals surface area contributed by atoms with Gasteiger partial charge in [-0.05, 0) is 37.0 Å². The predicted octanol–water partition coefficient (Wildman–Crippen LogP) is 2.61. The third-order valence-electron chi connectivity index (χ3n) is 3.01. The lowest BCUT2D eigenvalue weighted by atomic mass is 10.1. The minimum atomic E-state index is -0.877. The van der Waals surface area contributed by atoms with Crippen LogP contribution in [-0.2, 0) is 11.3 Å². The molecule has 2 N–H and O–H groups in total. The zero-order chi connectivity index (χ0) is 15.1. The molecule has 0 radical (unpaired) electrons. The Morgan fingerprint density at radius 1 is 1.20 bits per heavy atom. The van der Waals surface area contributed by atoms with Crippen LogP contribution in [0.5, 0.6) is 0 Å². The summed E-state index contributed by atoms with van der Waals surface area (Å²) in [5, 5.41) is 5.82. The number of hydrogen-bond acceptors (Lipinski definition) is 2. The maximum Gasteiger partial charge on any atom is 0.236 e. The minimum Gasteiger partial charge on any atom is -0.355 e. The fourth-order valence-electron chi connectivity index (χ4n) is 1.65. The van der Waals surface area contributed by atoms with Gasteiger partial charge in [-0.2, -0.15) is 0 Å². The van der Waals surface area contributed by atoms with E-state index in [4.69, 9.17) is 0 Å². The van der Waals surface area contributed by atoms with E-state index in [1.165, 1.54) is 6.07 Å². The number of hydrogen-bond donors (Lipinski definition) is 2. The molecule has 1 rings (SSSR count). The monoisotopic (exact) mass is 284 g/mol. The van der Waals surface area contributed by atoms with Crippen molar-refractivity contribution in [3.8, 4) is 0 Å². The zero-order valence-corrected chi connectivity index (χ0v) is 12.2. The summed E-state index contributed by atoms with van der Waals surface area (Å²) in [6.07, 6.45) is 0.932. The molecule has 0 spiro atoms. The van der Waals surface area contributed by atoms with Gasteiger partial charge in [0.25, 0.3) is 0 Å². The quantitative estimate of drug-likeness (QED) is 0.808. The maximum atomic E-state index is 13.0. The van der Waals surface area contributed by atoms with Gasteiger partial charge in [0.15, 0.2) is 11.6 Å². The summed E-state index contributed by atoms with van der Waals surface area (Å²) in [4.78, 5) is 11.8. The molecule has 1 amide bonds. The molecule has 0 saturated carbocycles. The van der Waals surface area contributed by atoms with Gasteiger partial charge in [-0.25, -0.2) is 8.78 Å². The van der Waals surface area contributed by atoms with Crippen LogP contribution in [0.1, 0.15) is 32.8 Å². The van der Waals surface area contributed by atoms with Crippen molar-refractivity contribution in [3.05, 3.63) is 35.4 Å². The summed E-state index contributed by atoms with van der Waals surface area (Å²) < 4.78 is 25.8. The first-order valence-corrected chi connectivity index (χ1v) is 6.85. The van der Waals surface area contributed by atoms with Gasteiger partial charge in [0, 0.05) is 13.1 Å². The Kier molecular flexibility index (Phi) is 6.58. The Bertz CT molecular complexity index is 449. The van der Waals surface area contributed by atoms with Crippen molar-refractivity contribution >= 4 is 5.91 Å². The van der Waals surface area contributed by atoms with Crippen molar-refractivity contribution in [2.75, 3.05) is 6.54 Å². The summed E-state index contributed by atoms with van der Waals surface area (Å²) in [7, 11) is 0. The smallest absolute Gasteiger partial charge is 0.236 e. The number of carbonyl (C=O) groups excluding carboxylic acids is 1. The number of rotatable bonds is 7. The largest absolute Gasteiger partial charge is 0.355 e. The van der Waals surface area contributed by atoms with Crippen molar-refractivity contribution in [1.29, 1.82) is 0 Å². The standard InChI is InChI=1S/C15H22F2N2O/c1-10(2)6-7-18-15(20)11(3)19-9-12-4-5-13(16)14(17)8-12/h4-5,8,10-11,19H,6-7,9H2,1-3H3,(H,18,20). The van der Waals surface area contributed by atoms with E-state index in [0.29, 0.717) is 24.6 Å². The molecule has 0 aliphatic rings. The first-order valence-electron chi connectivity index (χ1n) is 6.85. The van der Waals surface area contributed by atoms with Crippen LogP contribution in [0.3, 0.4) is 0 Å². The zero-order valence-electron chi connectivity index (χ0n) is 12.2. The Morgan fingerprint density at radius 3 is 2.50 bits per heavy atom. The van der Waals surface area contributed by atoms with Crippen LogP contribution in [0.15, 0.2) is 18.2 Å². The molecule has 0 bridgehead atoms. The molecule has 1 aromatic carbocycles. The summed E-state index contributed by atoms with van der Waals surface area (Å²) in [5.74, 6) is -1.29. The first-order chi connectivity index (χ1) is 9.40. The van der Waals surface area contributed by atoms with Gasteiger partial charge in [0.05, 0.1) is 6.04 Å². The second kappa shape index (κ2) is 7.94. The molecule has 1 aromatic rings. The van der Waals surface area contributed by atoms with Crippen molar-refractivity contribution in [2.24, 2.45) is 5.92 Å². The van der Waals surface area contributed by atoms with E-state index in [1.54, 1.807) is 6.92 Å². The van der Waals surface area contributed by atoms with E-state index in [2.05, 4.69) is 24.5 Å². The molecule has 0 saturated heterocycles. The number of benzene rings is 1. The minimum absolute atomic E-state index is 0.0896. The summed E-state index contributed by atoms with van der Waals surface area (Å²) >= 11 is 0. The van der Waals surface area contributed by atoms with E-state index in [1.807, 2.05) is 0 Å². The fraction of sp³-hybridized carbons (Fsp3) is 0.533. The molecule has 0 aromatic heterocycles. The highest BCUT2D eigenvalue weighted by Crippen LogP contribution is 2.08. The third-order valence-corrected chi connectivity index (χ3v) is 3.01. The van der Waals surface area contributed by atoms with Crippen LogP contribution < -0.4 is 10.6 Å². The lowest BCUT2D eigenvalue weighted by Gasteiger charge is -2.14. The van der Waals surface area contributed by atoms with Gasteiger partial charge in [0.1, 0.15) is 0 Å². The normalized spacial score (nSPS) is 12.5. The molecule has 0 aliphatic carbocycles. The van der Waals surface area contributed by atoms with E-state index in [-0.39, 0.29) is 11.9 Å². The fourth-order valence-corrected chi connectivity index (χ4v) is 1.65. The van der Waals surface area contributed by atoms with Gasteiger partial charge in [-0.15, -0.1) is 0 Å². The van der Waals surface area contributed by atoms with Crippen LogP contribution in [0, 0.1) is 17.6 Å². The molecular formula is C15H22F2N2O. The third kappa shape index (κ3) is 5.65. The second-order valence-corrected chi connectivity index (χ2v) is 5.32. The molecule has 112 valence electrons. The van der Waals surface area contributed by atoms with Gasteiger partial charge >= 0.3 is 0 Å². The van der Waals surface area contributed by atoms with Crippen molar-refractivity contribution in [1.82, 2.24) is 10.6 Å². The first kappa shape index (κ1) is 16.6. The number of halogens is 2. The predicted molar refractivity (Wildman–Crippen MR) is 75.1 cm³/mol. The molecule has 20 heavy (non-hydrogen) atoms. The van der Waals surface area contributed by atoms with Gasteiger partial charge < -0.3 is 10.6 Å². The molecule has 1 unspecified atom stereocenters. The molecule has 5 heteroatoms. The van der Waals surface area contributed by atoms with Crippen LogP contribution in [0.25, 0.3) is 0 Å². The molecule has 3 nitrogen and oxygen atoms in total. The van der Waals surface area contributed by atoms with Crippen LogP contribution in [0.4, 0.5) is 8.78 Å². The molecule has 1 atom stereocenters. The highest BCUT2D eigenvalue weighted by atomic mass is 19.2. The Hall–Kier alpha value is -1.49. The average molecular weight is 284 g/mol. The molecule has 0 heterocycles. The summed E-state index contributed by atoms with van der Waals surface area (Å²) in [6.45, 7) is 6.89. The lowest BCUT2D eigenvalue weighted by Crippen LogP contribution is -2.42. The summed E-state index contributed by atoms with van der Waals surface area (Å²) in [6, 6.07) is 3.33. The van der Waals surface area contributed by atoms with Crippen molar-refractivity contribution in [2.45, 2.75) is 39.8 Å². The SMILES string of the molecule is CC(C)CCNC(=O)C(C)NCc1ccc(F)c(F)c1. The molecule has 0 aliphatic heterocycles. The van der Waals surface area contributed by atoms with Crippen LogP contribution in [0.2, 0.25) is 0 Å². The van der Waals surface area contributed by atoms with E-state index >= 15 is 0 Å². The number of amides is 1. The second-order valence-electron chi connectivity index (χ2n) is 5.32. The van der Waals surface area contributed by atoms with E-state index < -0.39 is 11.6 Å². The highest BCUT2D eigenvalue weighted by Gasteiger charge is 2.12. The highest BCUT2D eigenvalue weighted by molar-refractivity contribution is 5.81.